The van der Waals surface area contributed by atoms with Crippen LogP contribution >= 0.6 is 11.6 Å². The zero-order chi connectivity index (χ0) is 26.4. The van der Waals surface area contributed by atoms with E-state index in [-0.39, 0.29) is 37.0 Å². The van der Waals surface area contributed by atoms with Crippen molar-refractivity contribution in [3.8, 4) is 5.75 Å². The van der Waals surface area contributed by atoms with E-state index in [9.17, 15) is 14.3 Å². The Morgan fingerprint density at radius 3 is 2.49 bits per heavy atom. The van der Waals surface area contributed by atoms with Gasteiger partial charge in [0.15, 0.2) is 5.82 Å². The maximum atomic E-state index is 14.3. The predicted octanol–water partition coefficient (Wildman–Crippen LogP) is 3.47. The number of aliphatic hydroxyl groups excluding tert-OH is 1. The lowest BCUT2D eigenvalue weighted by Crippen LogP contribution is -2.48. The van der Waals surface area contributed by atoms with E-state index in [0.717, 1.165) is 25.7 Å². The van der Waals surface area contributed by atoms with E-state index in [1.54, 1.807) is 25.7 Å². The van der Waals surface area contributed by atoms with Crippen LogP contribution < -0.4 is 10.5 Å². The third-order valence-corrected chi connectivity index (χ3v) is 8.17. The molecule has 3 aliphatic heterocycles. The number of nitrogens with two attached hydrogens (primary N) is 1. The third-order valence-electron chi connectivity index (χ3n) is 7.62. The first-order chi connectivity index (χ1) is 17.6. The molecule has 0 radical (unpaired) electrons. The molecule has 1 amide bonds. The summed E-state index contributed by atoms with van der Waals surface area (Å²) in [4.78, 5) is 26.5. The summed E-state index contributed by atoms with van der Waals surface area (Å²) in [6.45, 7) is 6.52. The van der Waals surface area contributed by atoms with Crippen molar-refractivity contribution in [3.63, 3.8) is 0 Å². The van der Waals surface area contributed by atoms with Crippen molar-refractivity contribution in [2.45, 2.75) is 70.7 Å². The monoisotopic (exact) mass is 529 g/mol. The quantitative estimate of drug-likeness (QED) is 0.590. The number of carbonyl (C=O) groups is 1. The highest BCUT2D eigenvalue weighted by Crippen LogP contribution is 2.38. The number of hydrogen-bond acceptors (Lipinski definition) is 7. The highest BCUT2D eigenvalue weighted by Gasteiger charge is 2.42. The molecule has 1 aromatic heterocycles. The molecular weight excluding hydrogens is 497 g/mol. The Kier molecular flexibility index (Phi) is 7.13. The molecule has 8 nitrogen and oxygen atoms in total. The second kappa shape index (κ2) is 10.2. The van der Waals surface area contributed by atoms with Crippen LogP contribution in [0.3, 0.4) is 0 Å². The molecule has 10 heteroatoms. The van der Waals surface area contributed by atoms with Crippen LogP contribution in [0.25, 0.3) is 5.57 Å². The lowest BCUT2D eigenvalue weighted by molar-refractivity contribution is 0.0215. The Morgan fingerprint density at radius 1 is 1.22 bits per heavy atom. The largest absolute Gasteiger partial charge is 0.489 e. The number of fused-ring (bicyclic) bond motifs is 2. The molecule has 5 rings (SSSR count). The summed E-state index contributed by atoms with van der Waals surface area (Å²) in [5.74, 6) is -0.0340. The maximum absolute atomic E-state index is 14.3. The summed E-state index contributed by atoms with van der Waals surface area (Å²) in [7, 11) is 0. The fraction of sp³-hybridized carbons (Fsp3) is 0.519. The topological polar surface area (TPSA) is 105 Å². The minimum Gasteiger partial charge on any atom is -0.489 e. The van der Waals surface area contributed by atoms with E-state index in [1.165, 1.54) is 18.2 Å². The summed E-state index contributed by atoms with van der Waals surface area (Å²) < 4.78 is 20.6. The van der Waals surface area contributed by atoms with Gasteiger partial charge < -0.3 is 20.5 Å². The number of amides is 1. The van der Waals surface area contributed by atoms with E-state index in [4.69, 9.17) is 22.1 Å². The van der Waals surface area contributed by atoms with Crippen molar-refractivity contribution in [2.24, 2.45) is 5.73 Å². The van der Waals surface area contributed by atoms with E-state index in [2.05, 4.69) is 14.9 Å². The molecule has 3 N–H and O–H groups in total. The average Bonchev–Trinajstić information content (AvgIpc) is 3.32. The van der Waals surface area contributed by atoms with E-state index >= 15 is 0 Å². The van der Waals surface area contributed by atoms with E-state index in [0.29, 0.717) is 57.7 Å². The smallest absolute Gasteiger partial charge is 0.258 e. The minimum absolute atomic E-state index is 0.123. The molecule has 198 valence electrons. The van der Waals surface area contributed by atoms with Crippen LogP contribution in [0.2, 0.25) is 5.02 Å². The lowest BCUT2D eigenvalue weighted by atomic mass is 9.99. The van der Waals surface area contributed by atoms with Crippen molar-refractivity contribution < 1.29 is 19.0 Å². The summed E-state index contributed by atoms with van der Waals surface area (Å²) in [5.41, 5.74) is 9.11. The number of ether oxygens (including phenoxy) is 1. The molecule has 3 aliphatic rings. The van der Waals surface area contributed by atoms with Crippen LogP contribution in [-0.2, 0) is 0 Å². The summed E-state index contributed by atoms with van der Waals surface area (Å²) in [6, 6.07) is 4.69. The van der Waals surface area contributed by atoms with Gasteiger partial charge >= 0.3 is 0 Å². The first kappa shape index (κ1) is 25.9. The zero-order valence-corrected chi connectivity index (χ0v) is 22.1. The molecule has 2 unspecified atom stereocenters. The molecule has 1 aromatic carbocycles. The van der Waals surface area contributed by atoms with Crippen molar-refractivity contribution in [1.82, 2.24) is 19.8 Å². The maximum Gasteiger partial charge on any atom is 0.258 e. The van der Waals surface area contributed by atoms with Crippen LogP contribution in [0.15, 0.2) is 23.9 Å². The van der Waals surface area contributed by atoms with Gasteiger partial charge in [-0.1, -0.05) is 11.6 Å². The predicted molar refractivity (Wildman–Crippen MR) is 139 cm³/mol. The van der Waals surface area contributed by atoms with Gasteiger partial charge in [0.1, 0.15) is 17.7 Å². The average molecular weight is 530 g/mol. The minimum atomic E-state index is -0.457. The van der Waals surface area contributed by atoms with Gasteiger partial charge in [0.05, 0.1) is 41.2 Å². The number of aromatic nitrogens is 2. The molecule has 2 aromatic rings. The second-order valence-electron chi connectivity index (χ2n) is 10.5. The van der Waals surface area contributed by atoms with Crippen molar-refractivity contribution in [2.75, 3.05) is 19.6 Å². The Hall–Kier alpha value is -2.75. The molecule has 37 heavy (non-hydrogen) atoms. The lowest BCUT2D eigenvalue weighted by Gasteiger charge is -2.39. The zero-order valence-electron chi connectivity index (χ0n) is 21.4. The number of aryl methyl sites for hydroxylation is 2. The van der Waals surface area contributed by atoms with Crippen LogP contribution in [0.4, 0.5) is 4.39 Å². The van der Waals surface area contributed by atoms with Gasteiger partial charge in [0.25, 0.3) is 5.91 Å². The summed E-state index contributed by atoms with van der Waals surface area (Å²) in [6.07, 6.45) is 3.16. The number of benzene rings is 1. The van der Waals surface area contributed by atoms with Crippen molar-refractivity contribution >= 4 is 23.1 Å². The molecule has 4 heterocycles. The van der Waals surface area contributed by atoms with Gasteiger partial charge in [-0.15, -0.1) is 0 Å². The number of hydrogen-bond donors (Lipinski definition) is 2. The van der Waals surface area contributed by atoms with Gasteiger partial charge in [-0.3, -0.25) is 9.69 Å². The van der Waals surface area contributed by atoms with Gasteiger partial charge in [0.2, 0.25) is 0 Å². The number of nitrogens with zero attached hydrogens (tertiary/aromatic N) is 4. The molecule has 4 atom stereocenters. The molecular formula is C27H33ClFN5O3. The Balaban J connectivity index is 1.32. The van der Waals surface area contributed by atoms with Gasteiger partial charge in [-0.25, -0.2) is 14.4 Å². The van der Waals surface area contributed by atoms with E-state index < -0.39 is 5.82 Å². The standard InChI is InChI=1S/C27H33ClFN5O3/c1-14(35)11-34-18-5-6-19(34)10-20(9-18)37-24-8-17(29)4-7-21(24)27(36)33-12-22(23(30)13-33)26-31-15(2)25(28)16(3)32-26/h4,7-8,14,18-20,35H,5-6,9-13,30H2,1-3H3/t14?,18-,19+,20?. The first-order valence-corrected chi connectivity index (χ1v) is 13.2. The van der Waals surface area contributed by atoms with Crippen LogP contribution in [0.5, 0.6) is 5.75 Å². The van der Waals surface area contributed by atoms with Crippen LogP contribution in [0, 0.1) is 19.7 Å². The SMILES string of the molecule is Cc1nc(C2=C(N)CN(C(=O)c3ccc(F)cc3OC3C[C@H]4CC[C@@H](C3)N4CC(C)O)C2)nc(C)c1Cl. The fourth-order valence-electron chi connectivity index (χ4n) is 5.89. The molecule has 0 spiro atoms. The van der Waals surface area contributed by atoms with E-state index in [1.807, 2.05) is 0 Å². The highest BCUT2D eigenvalue weighted by atomic mass is 35.5. The highest BCUT2D eigenvalue weighted by molar-refractivity contribution is 6.31. The Morgan fingerprint density at radius 2 is 1.86 bits per heavy atom. The number of halogens is 2. The number of rotatable bonds is 6. The van der Waals surface area contributed by atoms with Gasteiger partial charge in [0, 0.05) is 36.0 Å². The summed E-state index contributed by atoms with van der Waals surface area (Å²) >= 11 is 6.22. The van der Waals surface area contributed by atoms with Crippen molar-refractivity contribution in [1.29, 1.82) is 0 Å². The Labute approximate surface area is 221 Å². The van der Waals surface area contributed by atoms with Crippen molar-refractivity contribution in [3.05, 3.63) is 57.5 Å². The first-order valence-electron chi connectivity index (χ1n) is 12.8. The normalized spacial score (nSPS) is 24.6. The Bertz CT molecular complexity index is 1220. The van der Waals surface area contributed by atoms with Gasteiger partial charge in [-0.05, 0) is 58.6 Å². The molecule has 2 saturated heterocycles. The van der Waals surface area contributed by atoms with Crippen LogP contribution in [0.1, 0.15) is 60.2 Å². The summed E-state index contributed by atoms with van der Waals surface area (Å²) in [5, 5.41) is 10.4. The molecule has 0 saturated carbocycles. The number of aliphatic hydroxyl groups is 1. The molecule has 2 fully saturated rings. The number of piperidine rings is 1. The molecule has 0 aliphatic carbocycles. The molecule has 2 bridgehead atoms. The van der Waals surface area contributed by atoms with Gasteiger partial charge in [-0.2, -0.15) is 0 Å². The fourth-order valence-corrected chi connectivity index (χ4v) is 5.97. The van der Waals surface area contributed by atoms with Crippen LogP contribution in [-0.4, -0.2) is 74.7 Å². The second-order valence-corrected chi connectivity index (χ2v) is 10.9. The third kappa shape index (κ3) is 5.17. The number of carbonyl (C=O) groups excluding carboxylic acids is 1.